The van der Waals surface area contributed by atoms with Gasteiger partial charge in [-0.25, -0.2) is 0 Å². The minimum absolute atomic E-state index is 0.214. The summed E-state index contributed by atoms with van der Waals surface area (Å²) in [6.07, 6.45) is 8.95. The Labute approximate surface area is 105 Å². The second-order valence-corrected chi connectivity index (χ2v) is 4.74. The predicted molar refractivity (Wildman–Crippen MR) is 73.7 cm³/mol. The monoisotopic (exact) mass is 231 g/mol. The van der Waals surface area contributed by atoms with Crippen LogP contribution in [0.3, 0.4) is 0 Å². The Kier molecular flexibility index (Phi) is 6.49. The maximum Gasteiger partial charge on any atom is 0.0894 e. The molecule has 0 aromatic heterocycles. The van der Waals surface area contributed by atoms with Gasteiger partial charge in [0.05, 0.1) is 18.6 Å². The van der Waals surface area contributed by atoms with Gasteiger partial charge >= 0.3 is 0 Å². The van der Waals surface area contributed by atoms with Crippen LogP contribution in [0.5, 0.6) is 0 Å². The van der Waals surface area contributed by atoms with Crippen molar-refractivity contribution in [1.29, 1.82) is 0 Å². The van der Waals surface area contributed by atoms with Gasteiger partial charge < -0.3 is 5.11 Å². The lowest BCUT2D eigenvalue weighted by Crippen LogP contribution is -2.12. The second-order valence-electron chi connectivity index (χ2n) is 4.74. The normalized spacial score (nSPS) is 13.2. The van der Waals surface area contributed by atoms with Gasteiger partial charge in [-0.3, -0.25) is 0 Å². The molecule has 0 amide bonds. The van der Waals surface area contributed by atoms with Crippen LogP contribution in [0.1, 0.15) is 32.3 Å². The highest BCUT2D eigenvalue weighted by molar-refractivity contribution is 5.15. The first-order valence-electron chi connectivity index (χ1n) is 6.40. The number of benzene rings is 1. The van der Waals surface area contributed by atoms with E-state index in [-0.39, 0.29) is 6.10 Å². The zero-order chi connectivity index (χ0) is 12.5. The van der Waals surface area contributed by atoms with Crippen LogP contribution in [-0.4, -0.2) is 11.2 Å². The van der Waals surface area contributed by atoms with Crippen molar-refractivity contribution in [3.63, 3.8) is 0 Å². The van der Waals surface area contributed by atoms with Gasteiger partial charge in [0.2, 0.25) is 0 Å². The van der Waals surface area contributed by atoms with Crippen LogP contribution in [0.15, 0.2) is 42.5 Å². The molecule has 0 bridgehead atoms. The van der Waals surface area contributed by atoms with Crippen LogP contribution in [-0.2, 0) is 6.42 Å². The number of aliphatic hydroxyl groups excluding tert-OH is 1. The lowest BCUT2D eigenvalue weighted by atomic mass is 10.0. The topological polar surface area (TPSA) is 20.2 Å². The molecule has 1 nitrogen and oxygen atoms in total. The van der Waals surface area contributed by atoms with Crippen molar-refractivity contribution in [2.45, 2.75) is 39.2 Å². The van der Waals surface area contributed by atoms with Gasteiger partial charge in [0.15, 0.2) is 0 Å². The fourth-order valence-corrected chi connectivity index (χ4v) is 1.58. The number of aliphatic hydroxyl groups is 1. The Hall–Kier alpha value is -1.21. The van der Waals surface area contributed by atoms with E-state index >= 15 is 0 Å². The minimum atomic E-state index is -0.214. The van der Waals surface area contributed by atoms with Crippen LogP contribution in [0.4, 0.5) is 0 Å². The Morgan fingerprint density at radius 1 is 1.24 bits per heavy atom. The van der Waals surface area contributed by atoms with Crippen LogP contribution < -0.4 is 0 Å². The van der Waals surface area contributed by atoms with Crippen molar-refractivity contribution in [2.75, 3.05) is 0 Å². The Bertz CT molecular complexity index is 314. The van der Waals surface area contributed by atoms with E-state index in [2.05, 4.69) is 42.8 Å². The molecular weight excluding hydrogens is 208 g/mol. The number of allylic oxidation sites excluding steroid dienone is 1. The molecule has 0 aliphatic rings. The summed E-state index contributed by atoms with van der Waals surface area (Å²) in [7, 11) is 0. The van der Waals surface area contributed by atoms with Crippen LogP contribution >= 0.6 is 0 Å². The highest BCUT2D eigenvalue weighted by Gasteiger charge is 2.08. The summed E-state index contributed by atoms with van der Waals surface area (Å²) in [5.41, 5.74) is 1.37. The van der Waals surface area contributed by atoms with Gasteiger partial charge in [0, 0.05) is 18.9 Å². The zero-order valence-electron chi connectivity index (χ0n) is 10.8. The molecule has 17 heavy (non-hydrogen) atoms. The lowest BCUT2D eigenvalue weighted by molar-refractivity contribution is 0.128. The van der Waals surface area contributed by atoms with E-state index in [0.717, 1.165) is 19.3 Å². The molecule has 0 fully saturated rings. The first-order chi connectivity index (χ1) is 8.20. The van der Waals surface area contributed by atoms with Crippen LogP contribution in [0, 0.1) is 12.3 Å². The Balaban J connectivity index is 2.10. The van der Waals surface area contributed by atoms with Crippen molar-refractivity contribution in [1.82, 2.24) is 0 Å². The number of hydrogen-bond donors (Lipinski definition) is 1. The maximum atomic E-state index is 9.60. The summed E-state index contributed by atoms with van der Waals surface area (Å²) in [4.78, 5) is 0. The van der Waals surface area contributed by atoms with Crippen molar-refractivity contribution in [3.8, 4) is 0 Å². The zero-order valence-corrected chi connectivity index (χ0v) is 10.8. The molecule has 1 N–H and O–H groups in total. The maximum absolute atomic E-state index is 9.60. The van der Waals surface area contributed by atoms with Gasteiger partial charge in [-0.15, -0.1) is 0 Å². The predicted octanol–water partition coefficient (Wildman–Crippen LogP) is 3.79. The van der Waals surface area contributed by atoms with Gasteiger partial charge in [-0.1, -0.05) is 44.2 Å². The highest BCUT2D eigenvalue weighted by atomic mass is 16.3. The molecule has 0 heterocycles. The molecule has 1 aromatic carbocycles. The van der Waals surface area contributed by atoms with Crippen molar-refractivity contribution in [3.05, 3.63) is 54.5 Å². The molecule has 0 saturated heterocycles. The van der Waals surface area contributed by atoms with Crippen LogP contribution in [0.25, 0.3) is 0 Å². The Morgan fingerprint density at radius 2 is 1.94 bits per heavy atom. The molecule has 0 aliphatic carbocycles. The number of rotatable bonds is 7. The fraction of sp³-hybridized carbons (Fsp3) is 0.438. The van der Waals surface area contributed by atoms with E-state index in [1.54, 1.807) is 0 Å². The number of hydrogen-bond acceptors (Lipinski definition) is 1. The molecule has 1 aromatic rings. The van der Waals surface area contributed by atoms with E-state index in [1.807, 2.05) is 19.9 Å². The number of unbranched alkanes of at least 4 members (excludes halogenated alkanes) is 1. The first kappa shape index (κ1) is 13.9. The third-order valence-electron chi connectivity index (χ3n) is 2.86. The molecular formula is C16H23O+. The molecule has 1 rings (SSSR count). The van der Waals surface area contributed by atoms with E-state index < -0.39 is 0 Å². The summed E-state index contributed by atoms with van der Waals surface area (Å²) < 4.78 is 0. The van der Waals surface area contributed by atoms with E-state index in [0.29, 0.717) is 5.92 Å². The smallest absolute Gasteiger partial charge is 0.0894 e. The highest BCUT2D eigenvalue weighted by Crippen LogP contribution is 2.07. The average Bonchev–Trinajstić information content (AvgIpc) is 2.34. The van der Waals surface area contributed by atoms with Gasteiger partial charge in [0.1, 0.15) is 0 Å². The van der Waals surface area contributed by atoms with Crippen LogP contribution in [0.2, 0.25) is 0 Å². The lowest BCUT2D eigenvalue weighted by Gasteiger charge is -2.08. The average molecular weight is 231 g/mol. The fourth-order valence-electron chi connectivity index (χ4n) is 1.58. The third-order valence-corrected chi connectivity index (χ3v) is 2.86. The molecule has 1 heteroatoms. The van der Waals surface area contributed by atoms with E-state index in [1.165, 1.54) is 5.56 Å². The van der Waals surface area contributed by atoms with Crippen molar-refractivity contribution in [2.24, 2.45) is 5.92 Å². The summed E-state index contributed by atoms with van der Waals surface area (Å²) >= 11 is 0. The molecule has 0 radical (unpaired) electrons. The molecule has 1 unspecified atom stereocenters. The van der Waals surface area contributed by atoms with E-state index in [4.69, 9.17) is 0 Å². The second kappa shape index (κ2) is 7.97. The molecule has 0 aliphatic heterocycles. The SMILES string of the molecule is CC(C)C(O)C/C=C\[CH+]CCc1ccccc1. The summed E-state index contributed by atoms with van der Waals surface area (Å²) in [6, 6.07) is 10.5. The quantitative estimate of drug-likeness (QED) is 0.559. The van der Waals surface area contributed by atoms with E-state index in [9.17, 15) is 5.11 Å². The van der Waals surface area contributed by atoms with Crippen molar-refractivity contribution >= 4 is 0 Å². The Morgan fingerprint density at radius 3 is 2.59 bits per heavy atom. The standard InChI is InChI=1S/C16H23O/c1-14(2)16(17)13-9-4-3-6-10-15-11-7-5-8-12-15/h3-5,7-9,11-12,14,16-17H,6,10,13H2,1-2H3/q+1/b9-4-. The molecule has 0 spiro atoms. The van der Waals surface area contributed by atoms with Gasteiger partial charge in [-0.2, -0.15) is 0 Å². The van der Waals surface area contributed by atoms with Crippen molar-refractivity contribution < 1.29 is 5.11 Å². The minimum Gasteiger partial charge on any atom is -0.391 e. The number of aryl methyl sites for hydroxylation is 1. The first-order valence-corrected chi connectivity index (χ1v) is 6.40. The molecule has 0 saturated carbocycles. The third kappa shape index (κ3) is 6.18. The summed E-state index contributed by atoms with van der Waals surface area (Å²) in [5.74, 6) is 0.337. The summed E-state index contributed by atoms with van der Waals surface area (Å²) in [5, 5.41) is 9.60. The van der Waals surface area contributed by atoms with Gasteiger partial charge in [-0.05, 0) is 17.9 Å². The largest absolute Gasteiger partial charge is 0.391 e. The molecule has 1 atom stereocenters. The molecule has 92 valence electrons. The summed E-state index contributed by atoms with van der Waals surface area (Å²) in [6.45, 7) is 4.08. The van der Waals surface area contributed by atoms with Gasteiger partial charge in [0.25, 0.3) is 0 Å².